The number of fused-ring (bicyclic) bond motifs is 3. The summed E-state index contributed by atoms with van der Waals surface area (Å²) in [7, 11) is 2.11. The Hall–Kier alpha value is -2.75. The molecule has 2 heterocycles. The van der Waals surface area contributed by atoms with Crippen molar-refractivity contribution < 1.29 is 0 Å². The van der Waals surface area contributed by atoms with Crippen LogP contribution in [0.2, 0.25) is 0 Å². The number of rotatable bonds is 4. The van der Waals surface area contributed by atoms with Crippen LogP contribution >= 0.6 is 0 Å². The molecular weight excluding hydrogens is 320 g/mol. The summed E-state index contributed by atoms with van der Waals surface area (Å²) in [6.45, 7) is 6.22. The Labute approximate surface area is 153 Å². The van der Waals surface area contributed by atoms with Gasteiger partial charge in [-0.3, -0.25) is 9.97 Å². The molecule has 0 fully saturated rings. The van der Waals surface area contributed by atoms with E-state index in [1.807, 2.05) is 20.0 Å². The van der Waals surface area contributed by atoms with Gasteiger partial charge in [-0.2, -0.15) is 0 Å². The average Bonchev–Trinajstić information content (AvgIpc) is 2.98. The molecule has 4 aromatic rings. The maximum absolute atomic E-state index is 5.00. The summed E-state index contributed by atoms with van der Waals surface area (Å²) < 4.78 is 2.21. The van der Waals surface area contributed by atoms with Gasteiger partial charge in [0.2, 0.25) is 0 Å². The van der Waals surface area contributed by atoms with E-state index in [0.717, 1.165) is 47.7 Å². The molecule has 0 spiro atoms. The molecule has 2 aromatic heterocycles. The van der Waals surface area contributed by atoms with Crippen LogP contribution in [0, 0.1) is 13.8 Å². The molecule has 0 aliphatic heterocycles. The second-order valence-electron chi connectivity index (χ2n) is 6.93. The van der Waals surface area contributed by atoms with E-state index >= 15 is 0 Å². The number of nitrogens with zero attached hydrogens (tertiary/aromatic N) is 4. The van der Waals surface area contributed by atoms with Crippen LogP contribution in [0.15, 0.2) is 36.5 Å². The zero-order chi connectivity index (χ0) is 18.3. The minimum Gasteiger partial charge on any atom is -0.331 e. The molecule has 0 saturated carbocycles. The van der Waals surface area contributed by atoms with E-state index < -0.39 is 0 Å². The molecule has 132 valence electrons. The van der Waals surface area contributed by atoms with E-state index in [-0.39, 0.29) is 0 Å². The summed E-state index contributed by atoms with van der Waals surface area (Å²) in [4.78, 5) is 14.1. The van der Waals surface area contributed by atoms with Crippen molar-refractivity contribution in [1.82, 2.24) is 19.5 Å². The van der Waals surface area contributed by atoms with E-state index in [0.29, 0.717) is 0 Å². The lowest BCUT2D eigenvalue weighted by Gasteiger charge is -2.06. The van der Waals surface area contributed by atoms with Gasteiger partial charge in [0, 0.05) is 25.1 Å². The summed E-state index contributed by atoms with van der Waals surface area (Å²) in [5.41, 5.74) is 6.70. The van der Waals surface area contributed by atoms with Crippen LogP contribution in [0.4, 0.5) is 0 Å². The van der Waals surface area contributed by atoms with E-state index in [9.17, 15) is 0 Å². The Balaban J connectivity index is 1.75. The molecule has 4 heteroatoms. The van der Waals surface area contributed by atoms with Gasteiger partial charge in [0.25, 0.3) is 0 Å². The van der Waals surface area contributed by atoms with Crippen molar-refractivity contribution >= 4 is 21.8 Å². The molecule has 4 rings (SSSR count). The van der Waals surface area contributed by atoms with Gasteiger partial charge >= 0.3 is 0 Å². The van der Waals surface area contributed by atoms with Gasteiger partial charge in [0.1, 0.15) is 5.82 Å². The van der Waals surface area contributed by atoms with Crippen molar-refractivity contribution in [2.45, 2.75) is 40.0 Å². The molecule has 0 aliphatic rings. The van der Waals surface area contributed by atoms with Gasteiger partial charge < -0.3 is 4.57 Å². The highest BCUT2D eigenvalue weighted by Crippen LogP contribution is 2.28. The Morgan fingerprint density at radius 1 is 0.962 bits per heavy atom. The maximum atomic E-state index is 5.00. The molecule has 26 heavy (non-hydrogen) atoms. The van der Waals surface area contributed by atoms with Gasteiger partial charge in [-0.15, -0.1) is 0 Å². The lowest BCUT2D eigenvalue weighted by Crippen LogP contribution is -2.05. The largest absolute Gasteiger partial charge is 0.331 e. The Kier molecular flexibility index (Phi) is 4.19. The normalized spacial score (nSPS) is 11.5. The third kappa shape index (κ3) is 2.75. The van der Waals surface area contributed by atoms with Gasteiger partial charge in [0.05, 0.1) is 28.1 Å². The highest BCUT2D eigenvalue weighted by Gasteiger charge is 2.13. The van der Waals surface area contributed by atoms with Crippen molar-refractivity contribution in [3.8, 4) is 0 Å². The number of aromatic nitrogens is 4. The first-order valence-corrected chi connectivity index (χ1v) is 9.23. The first-order chi connectivity index (χ1) is 12.6. The van der Waals surface area contributed by atoms with Crippen LogP contribution in [0.3, 0.4) is 0 Å². The second-order valence-corrected chi connectivity index (χ2v) is 6.93. The topological polar surface area (TPSA) is 43.6 Å². The molecule has 0 bridgehead atoms. The molecule has 0 saturated heterocycles. The van der Waals surface area contributed by atoms with E-state index in [1.165, 1.54) is 21.9 Å². The standard InChI is InChI=1S/C22H24N4/c1-5-16-7-6-8-18-17(16)9-11-20-22(18)25-21(26(20)4)12-10-19-15(3)23-13-14(2)24-19/h6-9,11,13H,5,10,12H2,1-4H3. The van der Waals surface area contributed by atoms with Crippen molar-refractivity contribution in [2.75, 3.05) is 0 Å². The molecule has 2 aromatic carbocycles. The van der Waals surface area contributed by atoms with Gasteiger partial charge in [-0.05, 0) is 43.7 Å². The van der Waals surface area contributed by atoms with Crippen LogP contribution in [0.5, 0.6) is 0 Å². The third-order valence-corrected chi connectivity index (χ3v) is 5.23. The molecule has 0 unspecified atom stereocenters. The molecule has 0 aliphatic carbocycles. The maximum Gasteiger partial charge on any atom is 0.110 e. The molecule has 0 amide bonds. The Bertz CT molecular complexity index is 1110. The lowest BCUT2D eigenvalue weighted by atomic mass is 10.0. The van der Waals surface area contributed by atoms with Gasteiger partial charge in [-0.1, -0.05) is 31.2 Å². The minimum atomic E-state index is 0.857. The molecule has 4 nitrogen and oxygen atoms in total. The average molecular weight is 344 g/mol. The molecule has 0 atom stereocenters. The predicted octanol–water partition coefficient (Wildman–Crippen LogP) is 4.48. The van der Waals surface area contributed by atoms with Crippen LogP contribution in [0.1, 0.15) is 35.4 Å². The van der Waals surface area contributed by atoms with Crippen LogP contribution in [0.25, 0.3) is 21.8 Å². The number of imidazole rings is 1. The monoisotopic (exact) mass is 344 g/mol. The molecule has 0 radical (unpaired) electrons. The fourth-order valence-electron chi connectivity index (χ4n) is 3.71. The van der Waals surface area contributed by atoms with E-state index in [1.54, 1.807) is 0 Å². The smallest absolute Gasteiger partial charge is 0.110 e. The van der Waals surface area contributed by atoms with Crippen LogP contribution in [-0.4, -0.2) is 19.5 Å². The lowest BCUT2D eigenvalue weighted by molar-refractivity contribution is 0.764. The van der Waals surface area contributed by atoms with E-state index in [4.69, 9.17) is 4.98 Å². The zero-order valence-electron chi connectivity index (χ0n) is 15.9. The second kappa shape index (κ2) is 6.52. The van der Waals surface area contributed by atoms with Crippen LogP contribution < -0.4 is 0 Å². The van der Waals surface area contributed by atoms with Crippen molar-refractivity contribution in [3.63, 3.8) is 0 Å². The third-order valence-electron chi connectivity index (χ3n) is 5.23. The Morgan fingerprint density at radius 3 is 2.62 bits per heavy atom. The van der Waals surface area contributed by atoms with Crippen molar-refractivity contribution in [2.24, 2.45) is 7.05 Å². The van der Waals surface area contributed by atoms with Crippen molar-refractivity contribution in [3.05, 3.63) is 65.0 Å². The molecular formula is C22H24N4. The Morgan fingerprint density at radius 2 is 1.81 bits per heavy atom. The first kappa shape index (κ1) is 16.7. The summed E-state index contributed by atoms with van der Waals surface area (Å²) >= 11 is 0. The summed E-state index contributed by atoms with van der Waals surface area (Å²) in [5.74, 6) is 1.09. The number of aryl methyl sites for hydroxylation is 6. The molecule has 0 N–H and O–H groups in total. The number of hydrogen-bond acceptors (Lipinski definition) is 3. The van der Waals surface area contributed by atoms with Crippen LogP contribution in [-0.2, 0) is 26.3 Å². The number of benzene rings is 2. The zero-order valence-corrected chi connectivity index (χ0v) is 15.9. The highest BCUT2D eigenvalue weighted by molar-refractivity contribution is 6.05. The van der Waals surface area contributed by atoms with E-state index in [2.05, 4.69) is 58.8 Å². The minimum absolute atomic E-state index is 0.857. The summed E-state index contributed by atoms with van der Waals surface area (Å²) in [6, 6.07) is 11.0. The summed E-state index contributed by atoms with van der Waals surface area (Å²) in [5, 5.41) is 2.56. The SMILES string of the molecule is CCc1cccc2c1ccc1c2nc(CCc2nc(C)cnc2C)n1C. The van der Waals surface area contributed by atoms with Gasteiger partial charge in [0.15, 0.2) is 0 Å². The predicted molar refractivity (Wildman–Crippen MR) is 107 cm³/mol. The van der Waals surface area contributed by atoms with Gasteiger partial charge in [-0.25, -0.2) is 4.98 Å². The number of hydrogen-bond donors (Lipinski definition) is 0. The summed E-state index contributed by atoms with van der Waals surface area (Å²) in [6.07, 6.45) is 4.58. The quantitative estimate of drug-likeness (QED) is 0.548. The fourth-order valence-corrected chi connectivity index (χ4v) is 3.71. The van der Waals surface area contributed by atoms with Crippen molar-refractivity contribution in [1.29, 1.82) is 0 Å². The highest BCUT2D eigenvalue weighted by atomic mass is 15.1. The fraction of sp³-hybridized carbons (Fsp3) is 0.318. The first-order valence-electron chi connectivity index (χ1n) is 9.23.